The lowest BCUT2D eigenvalue weighted by Crippen LogP contribution is -2.21. The summed E-state index contributed by atoms with van der Waals surface area (Å²) in [5.74, 6) is 0.0665. The van der Waals surface area contributed by atoms with Gasteiger partial charge in [0.05, 0.1) is 18.3 Å². The summed E-state index contributed by atoms with van der Waals surface area (Å²) < 4.78 is 5.19. The number of rotatable bonds is 3. The lowest BCUT2D eigenvalue weighted by atomic mass is 10.1. The molecular formula is C16H13N3O3. The van der Waals surface area contributed by atoms with Crippen LogP contribution in [-0.2, 0) is 0 Å². The van der Waals surface area contributed by atoms with Gasteiger partial charge in [-0.05, 0) is 18.2 Å². The van der Waals surface area contributed by atoms with Crippen LogP contribution in [-0.4, -0.2) is 23.0 Å². The molecule has 0 saturated heterocycles. The smallest absolute Gasteiger partial charge is 0.346 e. The molecule has 0 fully saturated rings. The fourth-order valence-electron chi connectivity index (χ4n) is 2.21. The van der Waals surface area contributed by atoms with E-state index in [1.165, 1.54) is 7.11 Å². The number of fused-ring (bicyclic) bond motifs is 1. The molecule has 6 nitrogen and oxygen atoms in total. The van der Waals surface area contributed by atoms with Crippen LogP contribution < -0.4 is 15.7 Å². The average Bonchev–Trinajstić information content (AvgIpc) is 2.54. The number of para-hydroxylation sites is 3. The fourth-order valence-corrected chi connectivity index (χ4v) is 2.21. The number of carbonyl (C=O) groups excluding carboxylic acids is 1. The summed E-state index contributed by atoms with van der Waals surface area (Å²) in [5, 5.41) is 3.30. The van der Waals surface area contributed by atoms with Crippen molar-refractivity contribution in [3.8, 4) is 5.75 Å². The number of nitrogens with zero attached hydrogens (tertiary/aromatic N) is 1. The van der Waals surface area contributed by atoms with Crippen LogP contribution >= 0.6 is 0 Å². The van der Waals surface area contributed by atoms with Crippen LogP contribution in [0.4, 0.5) is 5.69 Å². The van der Waals surface area contributed by atoms with Crippen LogP contribution in [0.3, 0.4) is 0 Å². The van der Waals surface area contributed by atoms with E-state index in [1.807, 2.05) is 0 Å². The molecule has 0 bridgehead atoms. The van der Waals surface area contributed by atoms with Gasteiger partial charge in [-0.1, -0.05) is 30.3 Å². The molecule has 1 amide bonds. The highest BCUT2D eigenvalue weighted by Crippen LogP contribution is 2.24. The Morgan fingerprint density at radius 1 is 1.14 bits per heavy atom. The molecule has 110 valence electrons. The van der Waals surface area contributed by atoms with Gasteiger partial charge >= 0.3 is 5.69 Å². The molecule has 3 rings (SSSR count). The van der Waals surface area contributed by atoms with E-state index in [4.69, 9.17) is 4.74 Å². The second-order valence-corrected chi connectivity index (χ2v) is 4.59. The normalized spacial score (nSPS) is 10.4. The maximum Gasteiger partial charge on any atom is 0.346 e. The standard InChI is InChI=1S/C16H13N3O3/c1-22-13-9-5-4-8-12(13)17-15(20)14-10-6-2-3-7-11(10)18-16(21)19-14/h2-9H,1H3,(H,17,20)(H,18,19,21). The predicted molar refractivity (Wildman–Crippen MR) is 83.3 cm³/mol. The molecule has 0 saturated carbocycles. The number of nitrogens with one attached hydrogen (secondary N) is 2. The Hall–Kier alpha value is -3.15. The molecule has 0 spiro atoms. The Labute approximate surface area is 125 Å². The van der Waals surface area contributed by atoms with Gasteiger partial charge in [0.2, 0.25) is 0 Å². The lowest BCUT2D eigenvalue weighted by molar-refractivity contribution is 0.102. The SMILES string of the molecule is COc1ccccc1NC(=O)c1nc(=O)[nH]c2ccccc12. The van der Waals surface area contributed by atoms with E-state index >= 15 is 0 Å². The molecule has 0 unspecified atom stereocenters. The molecule has 0 aliphatic heterocycles. The molecular weight excluding hydrogens is 282 g/mol. The minimum atomic E-state index is -0.566. The monoisotopic (exact) mass is 295 g/mol. The van der Waals surface area contributed by atoms with Gasteiger partial charge in [-0.2, -0.15) is 4.98 Å². The zero-order valence-electron chi connectivity index (χ0n) is 11.8. The molecule has 0 aliphatic carbocycles. The van der Waals surface area contributed by atoms with Gasteiger partial charge in [0.25, 0.3) is 5.91 Å². The van der Waals surface area contributed by atoms with E-state index in [0.717, 1.165) is 0 Å². The number of amides is 1. The van der Waals surface area contributed by atoms with Crippen molar-refractivity contribution in [2.24, 2.45) is 0 Å². The van der Waals surface area contributed by atoms with Crippen LogP contribution in [0, 0.1) is 0 Å². The summed E-state index contributed by atoms with van der Waals surface area (Å²) in [6.07, 6.45) is 0. The second kappa shape index (κ2) is 5.69. The summed E-state index contributed by atoms with van der Waals surface area (Å²) >= 11 is 0. The molecule has 6 heteroatoms. The van der Waals surface area contributed by atoms with Crippen molar-refractivity contribution in [1.82, 2.24) is 9.97 Å². The maximum atomic E-state index is 12.5. The summed E-state index contributed by atoms with van der Waals surface area (Å²) in [6.45, 7) is 0. The number of hydrogen-bond donors (Lipinski definition) is 2. The van der Waals surface area contributed by atoms with Gasteiger partial charge in [-0.3, -0.25) is 4.79 Å². The molecule has 2 aromatic carbocycles. The number of aromatic nitrogens is 2. The average molecular weight is 295 g/mol. The first-order valence-electron chi connectivity index (χ1n) is 6.62. The predicted octanol–water partition coefficient (Wildman–Crippen LogP) is 2.18. The maximum absolute atomic E-state index is 12.5. The van der Waals surface area contributed by atoms with Crippen LogP contribution in [0.2, 0.25) is 0 Å². The number of carbonyl (C=O) groups is 1. The minimum Gasteiger partial charge on any atom is -0.495 e. The summed E-state index contributed by atoms with van der Waals surface area (Å²) in [7, 11) is 1.52. The number of hydrogen-bond acceptors (Lipinski definition) is 4. The molecule has 1 heterocycles. The van der Waals surface area contributed by atoms with Crippen molar-refractivity contribution in [2.45, 2.75) is 0 Å². The van der Waals surface area contributed by atoms with Gasteiger partial charge < -0.3 is 15.0 Å². The molecule has 2 N–H and O–H groups in total. The van der Waals surface area contributed by atoms with E-state index in [9.17, 15) is 9.59 Å². The van der Waals surface area contributed by atoms with E-state index in [0.29, 0.717) is 22.3 Å². The zero-order valence-corrected chi connectivity index (χ0v) is 11.8. The van der Waals surface area contributed by atoms with Crippen molar-refractivity contribution in [3.63, 3.8) is 0 Å². The Kier molecular flexibility index (Phi) is 3.57. The van der Waals surface area contributed by atoms with Crippen molar-refractivity contribution in [3.05, 3.63) is 64.7 Å². The van der Waals surface area contributed by atoms with Gasteiger partial charge in [0.1, 0.15) is 11.4 Å². The molecule has 1 aromatic heterocycles. The Bertz CT molecular complexity index is 902. The second-order valence-electron chi connectivity index (χ2n) is 4.59. The number of aromatic amines is 1. The van der Waals surface area contributed by atoms with Crippen LogP contribution in [0.15, 0.2) is 53.3 Å². The quantitative estimate of drug-likeness (QED) is 0.775. The molecule has 0 atom stereocenters. The number of methoxy groups -OCH3 is 1. The van der Waals surface area contributed by atoms with Crippen molar-refractivity contribution < 1.29 is 9.53 Å². The van der Waals surface area contributed by atoms with Crippen LogP contribution in [0.5, 0.6) is 5.75 Å². The van der Waals surface area contributed by atoms with E-state index in [2.05, 4.69) is 15.3 Å². The van der Waals surface area contributed by atoms with E-state index < -0.39 is 11.6 Å². The summed E-state index contributed by atoms with van der Waals surface area (Å²) in [6, 6.07) is 14.0. The molecule has 0 radical (unpaired) electrons. The van der Waals surface area contributed by atoms with Gasteiger partial charge in [0.15, 0.2) is 0 Å². The Morgan fingerprint density at radius 2 is 1.86 bits per heavy atom. The lowest BCUT2D eigenvalue weighted by Gasteiger charge is -2.10. The number of benzene rings is 2. The summed E-state index contributed by atoms with van der Waals surface area (Å²) in [4.78, 5) is 30.5. The third-order valence-corrected chi connectivity index (χ3v) is 3.21. The Balaban J connectivity index is 2.04. The largest absolute Gasteiger partial charge is 0.495 e. The van der Waals surface area contributed by atoms with E-state index in [-0.39, 0.29) is 5.69 Å². The molecule has 3 aromatic rings. The highest BCUT2D eigenvalue weighted by atomic mass is 16.5. The minimum absolute atomic E-state index is 0.0743. The first-order valence-corrected chi connectivity index (χ1v) is 6.62. The summed E-state index contributed by atoms with van der Waals surface area (Å²) in [5.41, 5.74) is 0.586. The van der Waals surface area contributed by atoms with Crippen molar-refractivity contribution in [2.75, 3.05) is 12.4 Å². The van der Waals surface area contributed by atoms with Crippen molar-refractivity contribution >= 4 is 22.5 Å². The van der Waals surface area contributed by atoms with Crippen molar-refractivity contribution in [1.29, 1.82) is 0 Å². The van der Waals surface area contributed by atoms with Gasteiger partial charge in [0, 0.05) is 5.39 Å². The van der Waals surface area contributed by atoms with Gasteiger partial charge in [-0.15, -0.1) is 0 Å². The zero-order chi connectivity index (χ0) is 15.5. The third kappa shape index (κ3) is 2.54. The van der Waals surface area contributed by atoms with Gasteiger partial charge in [-0.25, -0.2) is 4.79 Å². The van der Waals surface area contributed by atoms with E-state index in [1.54, 1.807) is 48.5 Å². The topological polar surface area (TPSA) is 84.1 Å². The van der Waals surface area contributed by atoms with Crippen LogP contribution in [0.25, 0.3) is 10.9 Å². The molecule has 22 heavy (non-hydrogen) atoms. The number of anilines is 1. The Morgan fingerprint density at radius 3 is 2.68 bits per heavy atom. The fraction of sp³-hybridized carbons (Fsp3) is 0.0625. The third-order valence-electron chi connectivity index (χ3n) is 3.21. The highest BCUT2D eigenvalue weighted by molar-refractivity contribution is 6.11. The number of H-pyrrole nitrogens is 1. The van der Waals surface area contributed by atoms with Crippen LogP contribution in [0.1, 0.15) is 10.5 Å². The first kappa shape index (κ1) is 13.8. The first-order chi connectivity index (χ1) is 10.7. The highest BCUT2D eigenvalue weighted by Gasteiger charge is 2.15. The molecule has 0 aliphatic rings. The number of ether oxygens (including phenoxy) is 1.